The van der Waals surface area contributed by atoms with Crippen molar-refractivity contribution in [1.82, 2.24) is 20.0 Å². The molecule has 3 aromatic rings. The molecular weight excluding hydrogens is 394 g/mol. The molecule has 8 nitrogen and oxygen atoms in total. The number of carbonyl (C=O) groups excluding carboxylic acids is 1. The first-order chi connectivity index (χ1) is 15.0. The molecule has 3 heterocycles. The minimum absolute atomic E-state index is 0.0596. The van der Waals surface area contributed by atoms with E-state index in [-0.39, 0.29) is 18.1 Å². The van der Waals surface area contributed by atoms with E-state index in [1.54, 1.807) is 25.3 Å². The minimum atomic E-state index is -0.210. The Labute approximate surface area is 180 Å². The number of ether oxygens (including phenoxy) is 1. The molecule has 1 fully saturated rings. The average molecular weight is 417 g/mol. The molecule has 0 saturated carbocycles. The number of nitriles is 1. The van der Waals surface area contributed by atoms with E-state index in [4.69, 9.17) is 9.26 Å². The summed E-state index contributed by atoms with van der Waals surface area (Å²) in [5.41, 5.74) is 2.37. The predicted octanol–water partition coefficient (Wildman–Crippen LogP) is 3.69. The number of pyridine rings is 1. The molecule has 1 amide bonds. The highest BCUT2D eigenvalue weighted by atomic mass is 16.5. The van der Waals surface area contributed by atoms with Crippen molar-refractivity contribution in [2.24, 2.45) is 0 Å². The van der Waals surface area contributed by atoms with E-state index in [0.29, 0.717) is 46.4 Å². The lowest BCUT2D eigenvalue weighted by atomic mass is 9.98. The molecule has 1 aliphatic rings. The second kappa shape index (κ2) is 8.56. The first-order valence-corrected chi connectivity index (χ1v) is 10.2. The van der Waals surface area contributed by atoms with Gasteiger partial charge in [-0.15, -0.1) is 0 Å². The number of benzene rings is 1. The van der Waals surface area contributed by atoms with E-state index in [2.05, 4.69) is 21.2 Å². The number of hydrogen-bond donors (Lipinski definition) is 0. The number of aromatic nitrogens is 3. The van der Waals surface area contributed by atoms with Gasteiger partial charge in [0.2, 0.25) is 5.88 Å². The average Bonchev–Trinajstić information content (AvgIpc) is 3.22. The Kier molecular flexibility index (Phi) is 5.67. The number of piperidine rings is 1. The maximum atomic E-state index is 13.5. The first kappa shape index (κ1) is 20.5. The lowest BCUT2D eigenvalue weighted by Gasteiger charge is -2.38. The summed E-state index contributed by atoms with van der Waals surface area (Å²) in [7, 11) is 0. The lowest BCUT2D eigenvalue weighted by Crippen LogP contribution is -2.49. The zero-order valence-corrected chi connectivity index (χ0v) is 17.7. The van der Waals surface area contributed by atoms with Crippen molar-refractivity contribution in [3.63, 3.8) is 0 Å². The van der Waals surface area contributed by atoms with Gasteiger partial charge in [0.15, 0.2) is 5.82 Å². The quantitative estimate of drug-likeness (QED) is 0.637. The van der Waals surface area contributed by atoms with Crippen LogP contribution in [-0.4, -0.2) is 44.6 Å². The number of nitrogens with zero attached hydrogens (tertiary/aromatic N) is 5. The van der Waals surface area contributed by atoms with Crippen LogP contribution >= 0.6 is 0 Å². The summed E-state index contributed by atoms with van der Waals surface area (Å²) in [4.78, 5) is 23.9. The third-order valence-corrected chi connectivity index (χ3v) is 5.57. The number of amides is 1. The molecule has 2 aromatic heterocycles. The molecule has 0 spiro atoms. The molecule has 0 aliphatic carbocycles. The first-order valence-electron chi connectivity index (χ1n) is 10.2. The summed E-state index contributed by atoms with van der Waals surface area (Å²) in [6.07, 6.45) is 2.96. The van der Waals surface area contributed by atoms with Crippen molar-refractivity contribution in [3.05, 3.63) is 59.0 Å². The van der Waals surface area contributed by atoms with Crippen molar-refractivity contribution in [3.8, 4) is 23.4 Å². The number of likely N-dealkylation sites (tertiary alicyclic amines) is 1. The molecule has 0 bridgehead atoms. The summed E-state index contributed by atoms with van der Waals surface area (Å²) >= 11 is 0. The third-order valence-electron chi connectivity index (χ3n) is 5.57. The summed E-state index contributed by atoms with van der Waals surface area (Å²) in [6.45, 7) is 6.02. The number of rotatable bonds is 4. The van der Waals surface area contributed by atoms with Gasteiger partial charge in [-0.2, -0.15) is 10.2 Å². The van der Waals surface area contributed by atoms with Crippen LogP contribution in [0.15, 0.2) is 41.1 Å². The van der Waals surface area contributed by atoms with Gasteiger partial charge >= 0.3 is 0 Å². The molecule has 1 saturated heterocycles. The van der Waals surface area contributed by atoms with Crippen LogP contribution in [0.5, 0.6) is 5.88 Å². The lowest BCUT2D eigenvalue weighted by molar-refractivity contribution is 0.0371. The molecule has 1 aromatic carbocycles. The maximum Gasteiger partial charge on any atom is 0.258 e. The van der Waals surface area contributed by atoms with Crippen molar-refractivity contribution >= 4 is 5.91 Å². The van der Waals surface area contributed by atoms with Crippen LogP contribution in [0.1, 0.15) is 47.1 Å². The van der Waals surface area contributed by atoms with E-state index in [1.807, 2.05) is 36.9 Å². The largest absolute Gasteiger partial charge is 0.472 e. The van der Waals surface area contributed by atoms with E-state index in [9.17, 15) is 10.1 Å². The van der Waals surface area contributed by atoms with Crippen molar-refractivity contribution < 1.29 is 14.1 Å². The summed E-state index contributed by atoms with van der Waals surface area (Å²) < 4.78 is 11.4. The van der Waals surface area contributed by atoms with Crippen LogP contribution in [0, 0.1) is 25.2 Å². The van der Waals surface area contributed by atoms with Crippen LogP contribution in [-0.2, 0) is 0 Å². The predicted molar refractivity (Wildman–Crippen MR) is 112 cm³/mol. The van der Waals surface area contributed by atoms with Gasteiger partial charge in [0, 0.05) is 17.8 Å². The fraction of sp³-hybridized carbons (Fsp3) is 0.348. The van der Waals surface area contributed by atoms with E-state index < -0.39 is 0 Å². The molecule has 0 radical (unpaired) electrons. The minimum Gasteiger partial charge on any atom is -0.472 e. The molecule has 2 atom stereocenters. The van der Waals surface area contributed by atoms with Gasteiger partial charge in [-0.3, -0.25) is 4.79 Å². The Hall–Kier alpha value is -3.73. The molecule has 8 heteroatoms. The topological polar surface area (TPSA) is 105 Å². The van der Waals surface area contributed by atoms with Crippen molar-refractivity contribution in [1.29, 1.82) is 5.26 Å². The van der Waals surface area contributed by atoms with Crippen LogP contribution < -0.4 is 4.74 Å². The van der Waals surface area contributed by atoms with Gasteiger partial charge in [-0.05, 0) is 51.8 Å². The van der Waals surface area contributed by atoms with E-state index in [1.165, 1.54) is 0 Å². The number of carbonyl (C=O) groups is 1. The van der Waals surface area contributed by atoms with Gasteiger partial charge in [0.05, 0.1) is 29.3 Å². The molecule has 4 rings (SSSR count). The highest BCUT2D eigenvalue weighted by Crippen LogP contribution is 2.28. The Morgan fingerprint density at radius 2 is 2.06 bits per heavy atom. The van der Waals surface area contributed by atoms with Crippen molar-refractivity contribution in [2.45, 2.75) is 45.8 Å². The maximum absolute atomic E-state index is 13.5. The smallest absolute Gasteiger partial charge is 0.258 e. The van der Waals surface area contributed by atoms with Gasteiger partial charge < -0.3 is 14.2 Å². The monoisotopic (exact) mass is 417 g/mol. The zero-order valence-electron chi connectivity index (χ0n) is 17.7. The highest BCUT2D eigenvalue weighted by molar-refractivity contribution is 6.00. The normalized spacial score (nSPS) is 18.5. The SMILES string of the molecule is Cc1noc(-c2ccccc2C(=O)N2C[C@H](Oc3nccc(C#N)c3C)CC[C@H]2C)n1. The van der Waals surface area contributed by atoms with Gasteiger partial charge in [0.25, 0.3) is 11.8 Å². The second-order valence-electron chi connectivity index (χ2n) is 7.72. The molecule has 0 N–H and O–H groups in total. The zero-order chi connectivity index (χ0) is 22.0. The fourth-order valence-corrected chi connectivity index (χ4v) is 3.78. The summed E-state index contributed by atoms with van der Waals surface area (Å²) in [5, 5.41) is 13.1. The standard InChI is InChI=1S/C23H23N5O3/c1-14-8-9-18(30-21-15(2)17(12-24)10-11-25-21)13-28(14)23(29)20-7-5-4-6-19(20)22-26-16(3)27-31-22/h4-7,10-11,14,18H,8-9,13H2,1-3H3/t14-,18-/m1/s1. The van der Waals surface area contributed by atoms with Gasteiger partial charge in [-0.1, -0.05) is 17.3 Å². The van der Waals surface area contributed by atoms with Crippen LogP contribution in [0.2, 0.25) is 0 Å². The van der Waals surface area contributed by atoms with Gasteiger partial charge in [0.1, 0.15) is 6.10 Å². The third kappa shape index (κ3) is 4.12. The molecular formula is C23H23N5O3. The van der Waals surface area contributed by atoms with E-state index in [0.717, 1.165) is 12.8 Å². The van der Waals surface area contributed by atoms with Crippen LogP contribution in [0.4, 0.5) is 0 Å². The van der Waals surface area contributed by atoms with Crippen LogP contribution in [0.3, 0.4) is 0 Å². The fourth-order valence-electron chi connectivity index (χ4n) is 3.78. The van der Waals surface area contributed by atoms with Crippen molar-refractivity contribution in [2.75, 3.05) is 6.54 Å². The molecule has 0 unspecified atom stereocenters. The Morgan fingerprint density at radius 1 is 1.26 bits per heavy atom. The highest BCUT2D eigenvalue weighted by Gasteiger charge is 2.32. The van der Waals surface area contributed by atoms with Crippen LogP contribution in [0.25, 0.3) is 11.5 Å². The number of hydrogen-bond acceptors (Lipinski definition) is 7. The van der Waals surface area contributed by atoms with Gasteiger partial charge in [-0.25, -0.2) is 4.98 Å². The Morgan fingerprint density at radius 3 is 2.81 bits per heavy atom. The summed E-state index contributed by atoms with van der Waals surface area (Å²) in [6, 6.07) is 11.1. The molecule has 31 heavy (non-hydrogen) atoms. The molecule has 1 aliphatic heterocycles. The second-order valence-corrected chi connectivity index (χ2v) is 7.72. The Balaban J connectivity index is 1.57. The Bertz CT molecular complexity index is 1150. The van der Waals surface area contributed by atoms with E-state index >= 15 is 0 Å². The number of aryl methyl sites for hydroxylation is 1. The molecule has 158 valence electrons. The summed E-state index contributed by atoms with van der Waals surface area (Å²) in [5.74, 6) is 1.17.